The van der Waals surface area contributed by atoms with Gasteiger partial charge in [0.1, 0.15) is 12.6 Å². The van der Waals surface area contributed by atoms with Crippen molar-refractivity contribution in [2.45, 2.75) is 77.4 Å². The number of benzene rings is 1. The monoisotopic (exact) mass is 415 g/mol. The van der Waals surface area contributed by atoms with E-state index in [4.69, 9.17) is 4.74 Å². The number of carbonyl (C=O) groups is 2. The van der Waals surface area contributed by atoms with E-state index in [9.17, 15) is 9.59 Å². The molecule has 2 fully saturated rings. The lowest BCUT2D eigenvalue weighted by Gasteiger charge is -2.27. The van der Waals surface area contributed by atoms with Crippen LogP contribution in [0, 0.1) is 5.92 Å². The Labute approximate surface area is 180 Å². The van der Waals surface area contributed by atoms with Crippen LogP contribution in [0.25, 0.3) is 0 Å². The number of hydrogen-bond acceptors (Lipinski definition) is 4. The van der Waals surface area contributed by atoms with Crippen molar-refractivity contribution >= 4 is 23.2 Å². The first-order valence-electron chi connectivity index (χ1n) is 11.6. The fourth-order valence-electron chi connectivity index (χ4n) is 4.50. The van der Waals surface area contributed by atoms with Gasteiger partial charge in [0.2, 0.25) is 11.8 Å². The Morgan fingerprint density at radius 3 is 2.73 bits per heavy atom. The second kappa shape index (κ2) is 11.3. The first-order chi connectivity index (χ1) is 14.5. The Kier molecular flexibility index (Phi) is 8.55. The minimum Gasteiger partial charge on any atom is -0.371 e. The number of nitrogens with one attached hydrogen (secondary N) is 2. The van der Waals surface area contributed by atoms with Crippen LogP contribution in [0.2, 0.25) is 0 Å². The fourth-order valence-corrected chi connectivity index (χ4v) is 4.50. The topological polar surface area (TPSA) is 70.7 Å². The molecule has 30 heavy (non-hydrogen) atoms. The second-order valence-corrected chi connectivity index (χ2v) is 8.85. The van der Waals surface area contributed by atoms with Crippen molar-refractivity contribution in [2.75, 3.05) is 29.9 Å². The van der Waals surface area contributed by atoms with Crippen LogP contribution in [-0.2, 0) is 14.3 Å². The highest BCUT2D eigenvalue weighted by Crippen LogP contribution is 2.26. The van der Waals surface area contributed by atoms with Gasteiger partial charge < -0.3 is 20.3 Å². The van der Waals surface area contributed by atoms with E-state index >= 15 is 0 Å². The summed E-state index contributed by atoms with van der Waals surface area (Å²) in [6.45, 7) is 6.39. The van der Waals surface area contributed by atoms with Crippen molar-refractivity contribution in [3.05, 3.63) is 24.3 Å². The van der Waals surface area contributed by atoms with Crippen molar-refractivity contribution in [1.82, 2.24) is 5.32 Å². The third kappa shape index (κ3) is 6.73. The lowest BCUT2D eigenvalue weighted by molar-refractivity contribution is -0.132. The van der Waals surface area contributed by atoms with Crippen molar-refractivity contribution in [2.24, 2.45) is 5.92 Å². The fraction of sp³-hybridized carbons (Fsp3) is 0.667. The molecule has 0 spiro atoms. The van der Waals surface area contributed by atoms with E-state index in [0.29, 0.717) is 12.3 Å². The van der Waals surface area contributed by atoms with Gasteiger partial charge in [-0.05, 0) is 56.2 Å². The van der Waals surface area contributed by atoms with Crippen molar-refractivity contribution in [3.8, 4) is 0 Å². The lowest BCUT2D eigenvalue weighted by Crippen LogP contribution is -2.45. The highest BCUT2D eigenvalue weighted by Gasteiger charge is 2.23. The van der Waals surface area contributed by atoms with Crippen LogP contribution in [0.3, 0.4) is 0 Å². The summed E-state index contributed by atoms with van der Waals surface area (Å²) < 4.78 is 5.82. The Bertz CT molecular complexity index is 703. The van der Waals surface area contributed by atoms with E-state index in [1.54, 1.807) is 0 Å². The molecular formula is C24H37N3O3. The number of hydrogen-bond donors (Lipinski definition) is 2. The normalized spacial score (nSPS) is 22.5. The van der Waals surface area contributed by atoms with E-state index in [-0.39, 0.29) is 24.5 Å². The van der Waals surface area contributed by atoms with Gasteiger partial charge in [-0.25, -0.2) is 0 Å². The molecule has 1 saturated carbocycles. The van der Waals surface area contributed by atoms with Crippen LogP contribution >= 0.6 is 0 Å². The summed E-state index contributed by atoms with van der Waals surface area (Å²) in [4.78, 5) is 27.6. The Morgan fingerprint density at radius 1 is 1.20 bits per heavy atom. The minimum atomic E-state index is -0.549. The molecule has 6 nitrogen and oxygen atoms in total. The molecule has 1 aromatic carbocycles. The molecule has 1 heterocycles. The number of rotatable bonds is 9. The van der Waals surface area contributed by atoms with Crippen LogP contribution in [0.15, 0.2) is 24.3 Å². The molecule has 0 aromatic heterocycles. The summed E-state index contributed by atoms with van der Waals surface area (Å²) >= 11 is 0. The Hall–Kier alpha value is -2.08. The number of nitrogens with zero attached hydrogens (tertiary/aromatic N) is 1. The lowest BCUT2D eigenvalue weighted by atomic mass is 9.89. The number of ether oxygens (including phenoxy) is 1. The number of anilines is 2. The van der Waals surface area contributed by atoms with Crippen LogP contribution in [0.5, 0.6) is 0 Å². The maximum absolute atomic E-state index is 12.8. The van der Waals surface area contributed by atoms with E-state index in [1.165, 1.54) is 19.3 Å². The van der Waals surface area contributed by atoms with Gasteiger partial charge in [0.15, 0.2) is 0 Å². The van der Waals surface area contributed by atoms with Gasteiger partial charge in [-0.3, -0.25) is 9.59 Å². The maximum atomic E-state index is 12.8. The van der Waals surface area contributed by atoms with Gasteiger partial charge in [-0.1, -0.05) is 39.2 Å². The minimum absolute atomic E-state index is 0.0231. The Morgan fingerprint density at radius 2 is 2.00 bits per heavy atom. The molecule has 3 atom stereocenters. The predicted octanol–water partition coefficient (Wildman–Crippen LogP) is 4.11. The molecule has 2 amide bonds. The molecule has 1 aliphatic heterocycles. The largest absolute Gasteiger partial charge is 0.371 e. The summed E-state index contributed by atoms with van der Waals surface area (Å²) in [6, 6.07) is 7.41. The summed E-state index contributed by atoms with van der Waals surface area (Å²) in [5.74, 6) is 0.268. The van der Waals surface area contributed by atoms with Crippen LogP contribution in [0.1, 0.15) is 65.2 Å². The van der Waals surface area contributed by atoms with Gasteiger partial charge in [-0.15, -0.1) is 0 Å². The standard InChI is InChI=1S/C24H37N3O3/c1-3-8-22(26-23(28)17-30-21-12-6-9-18(2)15-21)24(29)25-19-10-7-11-20(16-19)27-13-4-5-14-27/h7,10-11,16,18,21-22H,3-6,8-9,12-15,17H2,1-2H3,(H,25,29)(H,26,28). The van der Waals surface area contributed by atoms with E-state index in [2.05, 4.69) is 28.5 Å². The van der Waals surface area contributed by atoms with Crippen LogP contribution in [-0.4, -0.2) is 43.7 Å². The maximum Gasteiger partial charge on any atom is 0.246 e. The van der Waals surface area contributed by atoms with E-state index < -0.39 is 6.04 Å². The molecule has 166 valence electrons. The molecule has 2 aliphatic rings. The first-order valence-corrected chi connectivity index (χ1v) is 11.6. The zero-order valence-corrected chi connectivity index (χ0v) is 18.5. The van der Waals surface area contributed by atoms with Gasteiger partial charge in [0.05, 0.1) is 6.10 Å². The van der Waals surface area contributed by atoms with Crippen molar-refractivity contribution < 1.29 is 14.3 Å². The molecule has 0 radical (unpaired) electrons. The highest BCUT2D eigenvalue weighted by atomic mass is 16.5. The molecule has 3 rings (SSSR count). The van der Waals surface area contributed by atoms with Crippen molar-refractivity contribution in [3.63, 3.8) is 0 Å². The molecule has 3 unspecified atom stereocenters. The van der Waals surface area contributed by atoms with Gasteiger partial charge >= 0.3 is 0 Å². The zero-order chi connectivity index (χ0) is 21.3. The van der Waals surface area contributed by atoms with Crippen LogP contribution < -0.4 is 15.5 Å². The first kappa shape index (κ1) is 22.6. The molecule has 1 saturated heterocycles. The summed E-state index contributed by atoms with van der Waals surface area (Å²) in [7, 11) is 0. The zero-order valence-electron chi connectivity index (χ0n) is 18.5. The van der Waals surface area contributed by atoms with Gasteiger partial charge in [-0.2, -0.15) is 0 Å². The number of amides is 2. The molecule has 6 heteroatoms. The van der Waals surface area contributed by atoms with Gasteiger partial charge in [0.25, 0.3) is 0 Å². The quantitative estimate of drug-likeness (QED) is 0.637. The average molecular weight is 416 g/mol. The number of carbonyl (C=O) groups excluding carboxylic acids is 2. The third-order valence-corrected chi connectivity index (χ3v) is 6.15. The van der Waals surface area contributed by atoms with E-state index in [0.717, 1.165) is 50.1 Å². The summed E-state index contributed by atoms with van der Waals surface area (Å²) in [5.41, 5.74) is 1.91. The molecule has 2 N–H and O–H groups in total. The van der Waals surface area contributed by atoms with Gasteiger partial charge in [0, 0.05) is 24.5 Å². The predicted molar refractivity (Wildman–Crippen MR) is 121 cm³/mol. The second-order valence-electron chi connectivity index (χ2n) is 8.85. The SMILES string of the molecule is CCCC(NC(=O)COC1CCCC(C)C1)C(=O)Nc1cccc(N2CCCC2)c1. The van der Waals surface area contributed by atoms with E-state index in [1.807, 2.05) is 25.1 Å². The molecular weight excluding hydrogens is 378 g/mol. The molecule has 1 aromatic rings. The molecule has 1 aliphatic carbocycles. The average Bonchev–Trinajstić information content (AvgIpc) is 3.27. The van der Waals surface area contributed by atoms with Crippen molar-refractivity contribution in [1.29, 1.82) is 0 Å². The smallest absolute Gasteiger partial charge is 0.246 e. The Balaban J connectivity index is 1.51. The third-order valence-electron chi connectivity index (χ3n) is 6.15. The highest BCUT2D eigenvalue weighted by molar-refractivity contribution is 5.97. The molecule has 0 bridgehead atoms. The summed E-state index contributed by atoms with van der Waals surface area (Å²) in [6.07, 6.45) is 8.42. The van der Waals surface area contributed by atoms with Crippen LogP contribution in [0.4, 0.5) is 11.4 Å². The summed E-state index contributed by atoms with van der Waals surface area (Å²) in [5, 5.41) is 5.86.